The first-order chi connectivity index (χ1) is 15.5. The Kier molecular flexibility index (Phi) is 4.19. The Morgan fingerprint density at radius 2 is 1.72 bits per heavy atom. The van der Waals surface area contributed by atoms with Crippen molar-refractivity contribution in [1.29, 1.82) is 0 Å². The minimum atomic E-state index is -0.757. The average molecular weight is 424 g/mol. The molecule has 4 heteroatoms. The summed E-state index contributed by atoms with van der Waals surface area (Å²) in [4.78, 5) is 13.0. The zero-order chi connectivity index (χ0) is 22.0. The Morgan fingerprint density at radius 3 is 2.59 bits per heavy atom. The lowest BCUT2D eigenvalue weighted by Crippen LogP contribution is -2.17. The summed E-state index contributed by atoms with van der Waals surface area (Å²) in [5, 5.41) is 14.5. The van der Waals surface area contributed by atoms with E-state index >= 15 is 0 Å². The summed E-state index contributed by atoms with van der Waals surface area (Å²) in [5.41, 5.74) is 2.98. The van der Waals surface area contributed by atoms with Crippen molar-refractivity contribution in [1.82, 2.24) is 0 Å². The fourth-order valence-electron chi connectivity index (χ4n) is 5.85. The monoisotopic (exact) mass is 424 g/mol. The first-order valence-corrected chi connectivity index (χ1v) is 11.2. The molecule has 160 valence electrons. The van der Waals surface area contributed by atoms with Gasteiger partial charge in [-0.05, 0) is 55.0 Å². The zero-order valence-corrected chi connectivity index (χ0v) is 18.1. The zero-order valence-electron chi connectivity index (χ0n) is 18.1. The van der Waals surface area contributed by atoms with E-state index in [-0.39, 0.29) is 0 Å². The van der Waals surface area contributed by atoms with E-state index in [1.807, 2.05) is 61.5 Å². The maximum Gasteiger partial charge on any atom is 0.519 e. The topological polar surface area (TPSA) is 55.8 Å². The normalized spacial score (nSPS) is 21.1. The van der Waals surface area contributed by atoms with Crippen LogP contribution in [0, 0.1) is 12.8 Å². The number of carbonyl (C=O) groups is 1. The van der Waals surface area contributed by atoms with Crippen molar-refractivity contribution < 1.29 is 19.4 Å². The van der Waals surface area contributed by atoms with Gasteiger partial charge in [-0.3, -0.25) is 0 Å². The smallest absolute Gasteiger partial charge is 0.507 e. The number of fused-ring (bicyclic) bond motifs is 7. The van der Waals surface area contributed by atoms with E-state index in [0.29, 0.717) is 35.0 Å². The van der Waals surface area contributed by atoms with Crippen LogP contribution in [-0.4, -0.2) is 11.3 Å². The van der Waals surface area contributed by atoms with Crippen LogP contribution in [0.25, 0.3) is 21.5 Å². The lowest BCUT2D eigenvalue weighted by atomic mass is 9.82. The molecular weight excluding hydrogens is 400 g/mol. The molecule has 1 fully saturated rings. The van der Waals surface area contributed by atoms with Gasteiger partial charge < -0.3 is 14.6 Å². The molecule has 0 amide bonds. The van der Waals surface area contributed by atoms with Crippen LogP contribution in [0.3, 0.4) is 0 Å². The van der Waals surface area contributed by atoms with Crippen LogP contribution in [0.5, 0.6) is 17.2 Å². The molecule has 4 nitrogen and oxygen atoms in total. The third-order valence-electron chi connectivity index (χ3n) is 7.25. The fraction of sp³-hybridized carbons (Fsp3) is 0.250. The molecule has 2 aliphatic carbocycles. The first kappa shape index (κ1) is 19.2. The van der Waals surface area contributed by atoms with E-state index in [1.165, 1.54) is 0 Å². The van der Waals surface area contributed by atoms with Gasteiger partial charge >= 0.3 is 6.16 Å². The predicted octanol–water partition coefficient (Wildman–Crippen LogP) is 7.20. The number of benzene rings is 4. The average Bonchev–Trinajstić information content (AvgIpc) is 3.34. The Bertz CT molecular complexity index is 1400. The molecule has 0 heterocycles. The first-order valence-electron chi connectivity index (χ1n) is 11.2. The van der Waals surface area contributed by atoms with E-state index in [9.17, 15) is 9.90 Å². The van der Waals surface area contributed by atoms with Gasteiger partial charge in [-0.25, -0.2) is 4.79 Å². The van der Waals surface area contributed by atoms with E-state index in [1.54, 1.807) is 6.07 Å². The summed E-state index contributed by atoms with van der Waals surface area (Å²) in [6.45, 7) is 4.23. The summed E-state index contributed by atoms with van der Waals surface area (Å²) in [5.74, 6) is 2.46. The number of aryl methyl sites for hydroxylation is 1. The van der Waals surface area contributed by atoms with Gasteiger partial charge in [-0.2, -0.15) is 0 Å². The Labute approximate surface area is 186 Å². The second-order valence-electron chi connectivity index (χ2n) is 9.24. The Hall–Kier alpha value is -3.53. The molecule has 6 rings (SSSR count). The Morgan fingerprint density at radius 1 is 0.906 bits per heavy atom. The molecule has 4 aromatic carbocycles. The maximum atomic E-state index is 13.0. The quantitative estimate of drug-likeness (QED) is 0.273. The molecule has 0 aromatic heterocycles. The number of phenolic OH excluding ortho intramolecular Hbond substituents is 1. The van der Waals surface area contributed by atoms with Gasteiger partial charge in [0.2, 0.25) is 0 Å². The third kappa shape index (κ3) is 2.79. The molecule has 1 N–H and O–H groups in total. The van der Waals surface area contributed by atoms with Crippen LogP contribution in [0.4, 0.5) is 4.79 Å². The summed E-state index contributed by atoms with van der Waals surface area (Å²) in [7, 11) is 0. The van der Waals surface area contributed by atoms with Crippen molar-refractivity contribution in [3.63, 3.8) is 0 Å². The van der Waals surface area contributed by atoms with Crippen molar-refractivity contribution in [3.05, 3.63) is 77.4 Å². The molecule has 2 aliphatic rings. The van der Waals surface area contributed by atoms with Crippen LogP contribution in [0.15, 0.2) is 60.7 Å². The van der Waals surface area contributed by atoms with Crippen LogP contribution in [-0.2, 0) is 0 Å². The van der Waals surface area contributed by atoms with Crippen molar-refractivity contribution in [2.75, 3.05) is 0 Å². The van der Waals surface area contributed by atoms with Gasteiger partial charge in [0.15, 0.2) is 0 Å². The standard InChI is InChI=1S/C28H24O4/c1-15-10-11-20-22(12-15)27(24-18-13-16(2)21(14-18)25(24)26(20)29)32-28(30)31-23-9-5-7-17-6-3-4-8-19(17)23/h3-12,16,18,21,29H,13-14H2,1-2H3. The molecule has 0 radical (unpaired) electrons. The highest BCUT2D eigenvalue weighted by atomic mass is 16.7. The molecule has 3 unspecified atom stereocenters. The van der Waals surface area contributed by atoms with Gasteiger partial charge in [-0.1, -0.05) is 61.0 Å². The summed E-state index contributed by atoms with van der Waals surface area (Å²) < 4.78 is 11.6. The highest BCUT2D eigenvalue weighted by Gasteiger charge is 2.46. The maximum absolute atomic E-state index is 13.0. The molecular formula is C28H24O4. The summed E-state index contributed by atoms with van der Waals surface area (Å²) in [6, 6.07) is 19.3. The van der Waals surface area contributed by atoms with E-state index < -0.39 is 6.16 Å². The second kappa shape index (κ2) is 6.99. The minimum Gasteiger partial charge on any atom is -0.507 e. The number of carbonyl (C=O) groups excluding carboxylic acids is 1. The molecule has 4 aromatic rings. The summed E-state index contributed by atoms with van der Waals surface area (Å²) >= 11 is 0. The van der Waals surface area contributed by atoms with Gasteiger partial charge in [-0.15, -0.1) is 0 Å². The van der Waals surface area contributed by atoms with Crippen molar-refractivity contribution in [2.45, 2.75) is 38.5 Å². The molecule has 0 spiro atoms. The van der Waals surface area contributed by atoms with Gasteiger partial charge in [0.05, 0.1) is 0 Å². The molecule has 1 saturated carbocycles. The highest BCUT2D eigenvalue weighted by molar-refractivity contribution is 5.98. The minimum absolute atomic E-state index is 0.293. The number of hydrogen-bond acceptors (Lipinski definition) is 4. The van der Waals surface area contributed by atoms with Crippen LogP contribution >= 0.6 is 0 Å². The van der Waals surface area contributed by atoms with Crippen molar-refractivity contribution >= 4 is 27.7 Å². The highest BCUT2D eigenvalue weighted by Crippen LogP contribution is 2.62. The number of phenols is 1. The van der Waals surface area contributed by atoms with Crippen molar-refractivity contribution in [2.24, 2.45) is 5.92 Å². The number of hydrogen-bond donors (Lipinski definition) is 1. The SMILES string of the molecule is Cc1ccc2c(O)c3c(c(OC(=O)Oc4cccc5ccccc45)c2c1)C1CC(C)C3C1. The van der Waals surface area contributed by atoms with Crippen LogP contribution < -0.4 is 9.47 Å². The molecule has 3 atom stereocenters. The molecule has 2 bridgehead atoms. The van der Waals surface area contributed by atoms with Gasteiger partial charge in [0, 0.05) is 27.3 Å². The number of rotatable bonds is 2. The predicted molar refractivity (Wildman–Crippen MR) is 125 cm³/mol. The lowest BCUT2D eigenvalue weighted by molar-refractivity contribution is 0.152. The van der Waals surface area contributed by atoms with E-state index in [4.69, 9.17) is 9.47 Å². The third-order valence-corrected chi connectivity index (χ3v) is 7.25. The van der Waals surface area contributed by atoms with E-state index in [2.05, 4.69) is 6.92 Å². The molecule has 32 heavy (non-hydrogen) atoms. The van der Waals surface area contributed by atoms with Crippen LogP contribution in [0.1, 0.15) is 48.3 Å². The fourth-order valence-corrected chi connectivity index (χ4v) is 5.85. The molecule has 0 saturated heterocycles. The lowest BCUT2D eigenvalue weighted by Gasteiger charge is -2.25. The van der Waals surface area contributed by atoms with Gasteiger partial charge in [0.25, 0.3) is 0 Å². The van der Waals surface area contributed by atoms with Crippen LogP contribution in [0.2, 0.25) is 0 Å². The summed E-state index contributed by atoms with van der Waals surface area (Å²) in [6.07, 6.45) is 1.28. The van der Waals surface area contributed by atoms with E-state index in [0.717, 1.165) is 51.1 Å². The molecule has 0 aliphatic heterocycles. The Balaban J connectivity index is 1.45. The largest absolute Gasteiger partial charge is 0.519 e. The number of ether oxygens (including phenoxy) is 2. The van der Waals surface area contributed by atoms with Gasteiger partial charge in [0.1, 0.15) is 17.2 Å². The van der Waals surface area contributed by atoms with Crippen molar-refractivity contribution in [3.8, 4) is 17.2 Å². The number of aromatic hydroxyl groups is 1. The second-order valence-corrected chi connectivity index (χ2v) is 9.24.